The van der Waals surface area contributed by atoms with Gasteiger partial charge in [0, 0.05) is 18.3 Å². The van der Waals surface area contributed by atoms with Crippen molar-refractivity contribution in [2.45, 2.75) is 13.0 Å². The van der Waals surface area contributed by atoms with Crippen LogP contribution in [0.25, 0.3) is 0 Å². The van der Waals surface area contributed by atoms with Gasteiger partial charge in [-0.25, -0.2) is 9.18 Å². The molecule has 1 aromatic carbocycles. The molecule has 0 aliphatic carbocycles. The fraction of sp³-hybridized carbons (Fsp3) is 0.417. The van der Waals surface area contributed by atoms with E-state index >= 15 is 0 Å². The first-order chi connectivity index (χ1) is 8.15. The summed E-state index contributed by atoms with van der Waals surface area (Å²) in [6, 6.07) is 5.59. The van der Waals surface area contributed by atoms with Gasteiger partial charge in [-0.2, -0.15) is 0 Å². The van der Waals surface area contributed by atoms with Crippen LogP contribution in [0, 0.1) is 11.7 Å². The molecule has 92 valence electrons. The zero-order valence-corrected chi connectivity index (χ0v) is 9.66. The van der Waals surface area contributed by atoms with Crippen molar-refractivity contribution in [1.82, 2.24) is 10.6 Å². The summed E-state index contributed by atoms with van der Waals surface area (Å²) in [5, 5.41) is 8.76. The maximum absolute atomic E-state index is 12.7. The summed E-state index contributed by atoms with van der Waals surface area (Å²) < 4.78 is 12.7. The SMILES string of the molecule is CC1CNCC1NC(=O)Nc1ccc(F)cc1. The molecule has 2 unspecified atom stereocenters. The van der Waals surface area contributed by atoms with Gasteiger partial charge in [-0.3, -0.25) is 0 Å². The molecule has 1 saturated heterocycles. The van der Waals surface area contributed by atoms with E-state index in [0.717, 1.165) is 13.1 Å². The summed E-state index contributed by atoms with van der Waals surface area (Å²) >= 11 is 0. The van der Waals surface area contributed by atoms with Crippen LogP contribution < -0.4 is 16.0 Å². The van der Waals surface area contributed by atoms with Gasteiger partial charge in [0.2, 0.25) is 0 Å². The maximum atomic E-state index is 12.7. The van der Waals surface area contributed by atoms with Crippen LogP contribution in [0.15, 0.2) is 24.3 Å². The second kappa shape index (κ2) is 5.14. The van der Waals surface area contributed by atoms with Crippen LogP contribution in [0.5, 0.6) is 0 Å². The van der Waals surface area contributed by atoms with Crippen LogP contribution in [-0.4, -0.2) is 25.2 Å². The second-order valence-corrected chi connectivity index (χ2v) is 4.35. The molecule has 1 aromatic rings. The predicted molar refractivity (Wildman–Crippen MR) is 64.4 cm³/mol. The summed E-state index contributed by atoms with van der Waals surface area (Å²) in [5.41, 5.74) is 0.586. The minimum absolute atomic E-state index is 0.149. The van der Waals surface area contributed by atoms with Crippen molar-refractivity contribution in [3.8, 4) is 0 Å². The first kappa shape index (κ1) is 11.9. The fourth-order valence-corrected chi connectivity index (χ4v) is 1.87. The van der Waals surface area contributed by atoms with Gasteiger partial charge in [0.1, 0.15) is 5.82 Å². The van der Waals surface area contributed by atoms with Gasteiger partial charge < -0.3 is 16.0 Å². The maximum Gasteiger partial charge on any atom is 0.319 e. The zero-order valence-electron chi connectivity index (χ0n) is 9.66. The van der Waals surface area contributed by atoms with E-state index in [1.54, 1.807) is 0 Å². The highest BCUT2D eigenvalue weighted by Crippen LogP contribution is 2.10. The minimum atomic E-state index is -0.315. The van der Waals surface area contributed by atoms with E-state index in [2.05, 4.69) is 22.9 Å². The highest BCUT2D eigenvalue weighted by atomic mass is 19.1. The molecule has 0 radical (unpaired) electrons. The molecule has 2 atom stereocenters. The predicted octanol–water partition coefficient (Wildman–Crippen LogP) is 1.56. The van der Waals surface area contributed by atoms with Crippen LogP contribution in [-0.2, 0) is 0 Å². The van der Waals surface area contributed by atoms with Gasteiger partial charge in [-0.15, -0.1) is 0 Å². The summed E-state index contributed by atoms with van der Waals surface area (Å²) in [6.45, 7) is 3.79. The zero-order chi connectivity index (χ0) is 12.3. The topological polar surface area (TPSA) is 53.2 Å². The van der Waals surface area contributed by atoms with Gasteiger partial charge in [0.25, 0.3) is 0 Å². The van der Waals surface area contributed by atoms with E-state index in [4.69, 9.17) is 0 Å². The minimum Gasteiger partial charge on any atom is -0.334 e. The van der Waals surface area contributed by atoms with Crippen molar-refractivity contribution < 1.29 is 9.18 Å². The molecule has 0 bridgehead atoms. The van der Waals surface area contributed by atoms with E-state index in [0.29, 0.717) is 11.6 Å². The number of anilines is 1. The molecule has 3 N–H and O–H groups in total. The number of nitrogens with one attached hydrogen (secondary N) is 3. The van der Waals surface area contributed by atoms with Crippen molar-refractivity contribution in [2.75, 3.05) is 18.4 Å². The van der Waals surface area contributed by atoms with Gasteiger partial charge in [0.05, 0.1) is 0 Å². The quantitative estimate of drug-likeness (QED) is 0.731. The molecule has 2 amide bonds. The number of rotatable bonds is 2. The molecule has 5 heteroatoms. The average Bonchev–Trinajstić information content (AvgIpc) is 2.68. The average molecular weight is 237 g/mol. The number of carbonyl (C=O) groups is 1. The standard InChI is InChI=1S/C12H16FN3O/c1-8-6-14-7-11(8)16-12(17)15-10-4-2-9(13)3-5-10/h2-5,8,11,14H,6-7H2,1H3,(H2,15,16,17). The lowest BCUT2D eigenvalue weighted by Gasteiger charge is -2.16. The lowest BCUT2D eigenvalue weighted by atomic mass is 10.1. The van der Waals surface area contributed by atoms with Crippen molar-refractivity contribution in [1.29, 1.82) is 0 Å². The largest absolute Gasteiger partial charge is 0.334 e. The Morgan fingerprint density at radius 3 is 2.65 bits per heavy atom. The molecule has 0 aromatic heterocycles. The molecule has 0 saturated carbocycles. The first-order valence-corrected chi connectivity index (χ1v) is 5.69. The molecule has 17 heavy (non-hydrogen) atoms. The fourth-order valence-electron chi connectivity index (χ4n) is 1.87. The molecule has 1 fully saturated rings. The van der Waals surface area contributed by atoms with Gasteiger partial charge in [-0.1, -0.05) is 6.92 Å². The molecule has 2 rings (SSSR count). The Morgan fingerprint density at radius 2 is 2.06 bits per heavy atom. The third-order valence-corrected chi connectivity index (χ3v) is 2.94. The first-order valence-electron chi connectivity index (χ1n) is 5.69. The van der Waals surface area contributed by atoms with E-state index in [9.17, 15) is 9.18 Å². The normalized spacial score (nSPS) is 23.4. The van der Waals surface area contributed by atoms with Crippen LogP contribution >= 0.6 is 0 Å². The Labute approximate surface area is 99.6 Å². The van der Waals surface area contributed by atoms with Crippen molar-refractivity contribution in [3.63, 3.8) is 0 Å². The number of hydrogen-bond acceptors (Lipinski definition) is 2. The number of amides is 2. The van der Waals surface area contributed by atoms with Crippen molar-refractivity contribution >= 4 is 11.7 Å². The Balaban J connectivity index is 1.86. The van der Waals surface area contributed by atoms with E-state index in [1.807, 2.05) is 0 Å². The van der Waals surface area contributed by atoms with Crippen LogP contribution in [0.4, 0.5) is 14.9 Å². The van der Waals surface area contributed by atoms with Gasteiger partial charge in [-0.05, 0) is 36.7 Å². The molecular weight excluding hydrogens is 221 g/mol. The number of carbonyl (C=O) groups excluding carboxylic acids is 1. The molecule has 0 spiro atoms. The highest BCUT2D eigenvalue weighted by Gasteiger charge is 2.24. The second-order valence-electron chi connectivity index (χ2n) is 4.35. The lowest BCUT2D eigenvalue weighted by Crippen LogP contribution is -2.41. The molecule has 1 aliphatic rings. The Kier molecular flexibility index (Phi) is 3.58. The van der Waals surface area contributed by atoms with Gasteiger partial charge in [0.15, 0.2) is 0 Å². The van der Waals surface area contributed by atoms with E-state index in [1.165, 1.54) is 24.3 Å². The van der Waals surface area contributed by atoms with Crippen molar-refractivity contribution in [2.24, 2.45) is 5.92 Å². The van der Waals surface area contributed by atoms with Crippen molar-refractivity contribution in [3.05, 3.63) is 30.1 Å². The van der Waals surface area contributed by atoms with Crippen LogP contribution in [0.1, 0.15) is 6.92 Å². The number of hydrogen-bond donors (Lipinski definition) is 3. The molecule has 1 heterocycles. The number of benzene rings is 1. The van der Waals surface area contributed by atoms with E-state index < -0.39 is 0 Å². The molecule has 4 nitrogen and oxygen atoms in total. The third-order valence-electron chi connectivity index (χ3n) is 2.94. The monoisotopic (exact) mass is 237 g/mol. The van der Waals surface area contributed by atoms with Crippen LogP contribution in [0.2, 0.25) is 0 Å². The van der Waals surface area contributed by atoms with E-state index in [-0.39, 0.29) is 17.9 Å². The number of urea groups is 1. The highest BCUT2D eigenvalue weighted by molar-refractivity contribution is 5.89. The Morgan fingerprint density at radius 1 is 1.35 bits per heavy atom. The summed E-state index contributed by atoms with van der Waals surface area (Å²) in [5.74, 6) is 0.110. The lowest BCUT2D eigenvalue weighted by molar-refractivity contribution is 0.247. The third kappa shape index (κ3) is 3.17. The molecular formula is C12H16FN3O. The smallest absolute Gasteiger partial charge is 0.319 e. The van der Waals surface area contributed by atoms with Crippen LogP contribution in [0.3, 0.4) is 0 Å². The summed E-state index contributed by atoms with van der Waals surface area (Å²) in [4.78, 5) is 11.7. The van der Waals surface area contributed by atoms with Gasteiger partial charge >= 0.3 is 6.03 Å². The summed E-state index contributed by atoms with van der Waals surface area (Å²) in [7, 11) is 0. The summed E-state index contributed by atoms with van der Waals surface area (Å²) in [6.07, 6.45) is 0. The molecule has 1 aliphatic heterocycles. The Hall–Kier alpha value is -1.62. The Bertz CT molecular complexity index is 393. The number of halogens is 1.